The van der Waals surface area contributed by atoms with E-state index in [4.69, 9.17) is 10.5 Å². The van der Waals surface area contributed by atoms with Crippen LogP contribution >= 0.6 is 0 Å². The van der Waals surface area contributed by atoms with Gasteiger partial charge in [0.25, 0.3) is 0 Å². The Kier molecular flexibility index (Phi) is 4.33. The number of rotatable bonds is 4. The van der Waals surface area contributed by atoms with Gasteiger partial charge in [-0.25, -0.2) is 9.78 Å². The summed E-state index contributed by atoms with van der Waals surface area (Å²) < 4.78 is 10.3. The number of methoxy groups -OCH3 is 1. The minimum absolute atomic E-state index is 0.169. The van der Waals surface area contributed by atoms with Crippen molar-refractivity contribution in [1.29, 1.82) is 0 Å². The smallest absolute Gasteiger partial charge is 0.343 e. The maximum atomic E-state index is 11.4. The lowest BCUT2D eigenvalue weighted by Gasteiger charge is -2.11. The van der Waals surface area contributed by atoms with Crippen LogP contribution in [0.15, 0.2) is 48.5 Å². The van der Waals surface area contributed by atoms with E-state index in [2.05, 4.69) is 9.72 Å². The van der Waals surface area contributed by atoms with Crippen LogP contribution < -0.4 is 10.5 Å². The number of nitrogens with zero attached hydrogens (tertiary/aromatic N) is 1. The molecule has 0 aliphatic rings. The molecule has 0 spiro atoms. The molecular formula is C19H18N2O3. The first-order valence-electron chi connectivity index (χ1n) is 7.54. The molecule has 2 N–H and O–H groups in total. The van der Waals surface area contributed by atoms with Gasteiger partial charge in [0.05, 0.1) is 18.3 Å². The summed E-state index contributed by atoms with van der Waals surface area (Å²) in [5.74, 6) is 0.106. The number of anilines is 1. The van der Waals surface area contributed by atoms with Crippen LogP contribution in [0.5, 0.6) is 5.75 Å². The summed E-state index contributed by atoms with van der Waals surface area (Å²) in [6.07, 6.45) is 0. The van der Waals surface area contributed by atoms with Crippen LogP contribution in [0.4, 0.5) is 5.69 Å². The Morgan fingerprint density at radius 3 is 2.58 bits per heavy atom. The van der Waals surface area contributed by atoms with Crippen molar-refractivity contribution >= 4 is 22.6 Å². The number of aryl methyl sites for hydroxylation is 1. The lowest BCUT2D eigenvalue weighted by Crippen LogP contribution is -2.12. The van der Waals surface area contributed by atoms with Gasteiger partial charge >= 0.3 is 5.97 Å². The molecule has 1 aromatic heterocycles. The number of nitrogens with two attached hydrogens (primary N) is 1. The largest absolute Gasteiger partial charge is 0.481 e. The molecule has 24 heavy (non-hydrogen) atoms. The molecule has 5 nitrogen and oxygen atoms in total. The van der Waals surface area contributed by atoms with Crippen molar-refractivity contribution in [3.8, 4) is 17.0 Å². The zero-order valence-electron chi connectivity index (χ0n) is 13.6. The van der Waals surface area contributed by atoms with Gasteiger partial charge in [0, 0.05) is 22.7 Å². The summed E-state index contributed by atoms with van der Waals surface area (Å²) in [6, 6.07) is 15.3. The molecule has 0 unspecified atom stereocenters. The molecule has 0 atom stereocenters. The third kappa shape index (κ3) is 3.30. The normalized spacial score (nSPS) is 10.6. The predicted molar refractivity (Wildman–Crippen MR) is 93.8 cm³/mol. The van der Waals surface area contributed by atoms with E-state index >= 15 is 0 Å². The summed E-state index contributed by atoms with van der Waals surface area (Å²) in [6.45, 7) is 1.86. The number of esters is 1. The Morgan fingerprint density at radius 1 is 1.12 bits per heavy atom. The molecule has 0 amide bonds. The fraction of sp³-hybridized carbons (Fsp3) is 0.158. The van der Waals surface area contributed by atoms with Gasteiger partial charge in [-0.3, -0.25) is 0 Å². The minimum Gasteiger partial charge on any atom is -0.481 e. The molecule has 0 aliphatic carbocycles. The molecule has 5 heteroatoms. The number of fused-ring (bicyclic) bond motifs is 1. The van der Waals surface area contributed by atoms with Gasteiger partial charge in [-0.1, -0.05) is 29.8 Å². The van der Waals surface area contributed by atoms with Crippen LogP contribution in [0.1, 0.15) is 5.56 Å². The van der Waals surface area contributed by atoms with Gasteiger partial charge in [0.2, 0.25) is 0 Å². The molecule has 3 rings (SSSR count). The second-order valence-corrected chi connectivity index (χ2v) is 5.51. The van der Waals surface area contributed by atoms with Crippen LogP contribution in [0.2, 0.25) is 0 Å². The van der Waals surface area contributed by atoms with E-state index < -0.39 is 5.97 Å². The van der Waals surface area contributed by atoms with E-state index in [0.29, 0.717) is 11.4 Å². The molecule has 0 aliphatic heterocycles. The summed E-state index contributed by atoms with van der Waals surface area (Å²) in [7, 11) is 1.33. The van der Waals surface area contributed by atoms with E-state index in [1.165, 1.54) is 12.7 Å². The average molecular weight is 322 g/mol. The predicted octanol–water partition coefficient (Wildman–Crippen LogP) is 3.34. The molecule has 0 saturated heterocycles. The van der Waals surface area contributed by atoms with Crippen LogP contribution in [0.25, 0.3) is 22.2 Å². The lowest BCUT2D eigenvalue weighted by molar-refractivity contribution is -0.142. The van der Waals surface area contributed by atoms with Gasteiger partial charge in [-0.2, -0.15) is 0 Å². The second-order valence-electron chi connectivity index (χ2n) is 5.51. The zero-order chi connectivity index (χ0) is 17.1. The van der Waals surface area contributed by atoms with E-state index in [9.17, 15) is 4.79 Å². The van der Waals surface area contributed by atoms with Crippen molar-refractivity contribution in [3.05, 3.63) is 54.1 Å². The Morgan fingerprint density at radius 2 is 1.88 bits per heavy atom. The van der Waals surface area contributed by atoms with Gasteiger partial charge in [-0.15, -0.1) is 0 Å². The summed E-state index contributed by atoms with van der Waals surface area (Å²) in [4.78, 5) is 16.1. The van der Waals surface area contributed by atoms with Gasteiger partial charge < -0.3 is 15.2 Å². The molecule has 122 valence electrons. The first-order chi connectivity index (χ1) is 11.6. The summed E-state index contributed by atoms with van der Waals surface area (Å²) >= 11 is 0. The first kappa shape index (κ1) is 15.8. The third-order valence-electron chi connectivity index (χ3n) is 3.72. The highest BCUT2D eigenvalue weighted by Crippen LogP contribution is 2.31. The summed E-state index contributed by atoms with van der Waals surface area (Å²) in [5, 5.41) is 0.759. The number of aromatic nitrogens is 1. The van der Waals surface area contributed by atoms with Crippen molar-refractivity contribution in [2.24, 2.45) is 0 Å². The zero-order valence-corrected chi connectivity index (χ0v) is 13.6. The number of carbonyl (C=O) groups is 1. The minimum atomic E-state index is -0.444. The van der Waals surface area contributed by atoms with Crippen molar-refractivity contribution in [2.75, 3.05) is 19.5 Å². The molecule has 0 radical (unpaired) electrons. The first-order valence-corrected chi connectivity index (χ1v) is 7.54. The Bertz CT molecular complexity index is 889. The maximum Gasteiger partial charge on any atom is 0.343 e. The number of ether oxygens (including phenoxy) is 2. The Hall–Kier alpha value is -3.08. The highest BCUT2D eigenvalue weighted by Gasteiger charge is 2.11. The standard InChI is InChI=1S/C19H18N2O3/c1-12-3-5-13(6-4-12)17-10-18(24-11-19(22)23-2)15-9-14(20)7-8-16(15)21-17/h3-10H,11,20H2,1-2H3. The van der Waals surface area contributed by atoms with Crippen molar-refractivity contribution in [2.45, 2.75) is 6.92 Å². The monoisotopic (exact) mass is 322 g/mol. The van der Waals surface area contributed by atoms with Crippen LogP contribution in [0, 0.1) is 6.92 Å². The van der Waals surface area contributed by atoms with E-state index in [1.807, 2.05) is 43.3 Å². The molecule has 0 bridgehead atoms. The molecule has 2 aromatic carbocycles. The van der Waals surface area contributed by atoms with Crippen molar-refractivity contribution in [1.82, 2.24) is 4.98 Å². The van der Waals surface area contributed by atoms with E-state index in [1.54, 1.807) is 12.1 Å². The number of benzene rings is 2. The van der Waals surface area contributed by atoms with E-state index in [-0.39, 0.29) is 6.61 Å². The summed E-state index contributed by atoms with van der Waals surface area (Å²) in [5.41, 5.74) is 10.1. The average Bonchev–Trinajstić information content (AvgIpc) is 2.60. The Balaban J connectivity index is 2.09. The topological polar surface area (TPSA) is 74.4 Å². The molecular weight excluding hydrogens is 304 g/mol. The molecule has 3 aromatic rings. The molecule has 0 saturated carbocycles. The Labute approximate surface area is 140 Å². The number of nitrogen functional groups attached to an aromatic ring is 1. The second kappa shape index (κ2) is 6.58. The lowest BCUT2D eigenvalue weighted by atomic mass is 10.1. The number of carbonyl (C=O) groups excluding carboxylic acids is 1. The third-order valence-corrected chi connectivity index (χ3v) is 3.72. The number of pyridine rings is 1. The van der Waals surface area contributed by atoms with Gasteiger partial charge in [-0.05, 0) is 25.1 Å². The van der Waals surface area contributed by atoms with Gasteiger partial charge in [0.1, 0.15) is 5.75 Å². The molecule has 0 fully saturated rings. The quantitative estimate of drug-likeness (QED) is 0.589. The van der Waals surface area contributed by atoms with Crippen LogP contribution in [-0.2, 0) is 9.53 Å². The maximum absolute atomic E-state index is 11.4. The number of hydrogen-bond donors (Lipinski definition) is 1. The SMILES string of the molecule is COC(=O)COc1cc(-c2ccc(C)cc2)nc2ccc(N)cc12. The van der Waals surface area contributed by atoms with E-state index in [0.717, 1.165) is 22.2 Å². The fourth-order valence-corrected chi connectivity index (χ4v) is 2.40. The highest BCUT2D eigenvalue weighted by molar-refractivity contribution is 5.90. The van der Waals surface area contributed by atoms with Gasteiger partial charge in [0.15, 0.2) is 6.61 Å². The van der Waals surface area contributed by atoms with Crippen LogP contribution in [0.3, 0.4) is 0 Å². The fourth-order valence-electron chi connectivity index (χ4n) is 2.40. The highest BCUT2D eigenvalue weighted by atomic mass is 16.6. The van der Waals surface area contributed by atoms with Crippen molar-refractivity contribution in [3.63, 3.8) is 0 Å². The number of hydrogen-bond acceptors (Lipinski definition) is 5. The molecule has 1 heterocycles. The van der Waals surface area contributed by atoms with Crippen molar-refractivity contribution < 1.29 is 14.3 Å². The van der Waals surface area contributed by atoms with Crippen LogP contribution in [-0.4, -0.2) is 24.7 Å².